The molecule has 3 aromatic heterocycles. The molecule has 0 radical (unpaired) electrons. The standard InChI is InChI=1S/C48H52N4O.Pd/c1-12-13-16-34-21-22-49-44(25-34)51-42-18-15-14-17-40(42)41-20-19-38(29-43(41)51)53-39-27-36(48(9,10)11)26-37(28-39)52-33(5)46(32(4)50-52)45-30(2)23-35(24-31(45)3)47(6,7)8;/h14-15,17-27H,12-13,16H2,1-11H3;/q-2;+2. The van der Waals surface area contributed by atoms with Gasteiger partial charge >= 0.3 is 20.4 Å². The van der Waals surface area contributed by atoms with Crippen molar-refractivity contribution in [2.45, 2.75) is 106 Å². The van der Waals surface area contributed by atoms with Crippen LogP contribution >= 0.6 is 0 Å². The fourth-order valence-electron chi connectivity index (χ4n) is 7.57. The number of hydrogen-bond acceptors (Lipinski definition) is 3. The van der Waals surface area contributed by atoms with Crippen molar-refractivity contribution in [3.05, 3.63) is 130 Å². The third-order valence-electron chi connectivity index (χ3n) is 10.5. The number of pyridine rings is 1. The van der Waals surface area contributed by atoms with Gasteiger partial charge in [0.1, 0.15) is 5.82 Å². The summed E-state index contributed by atoms with van der Waals surface area (Å²) < 4.78 is 11.0. The fraction of sp³-hybridized carbons (Fsp3) is 0.333. The van der Waals surface area contributed by atoms with E-state index in [9.17, 15) is 0 Å². The van der Waals surface area contributed by atoms with Gasteiger partial charge in [-0.3, -0.25) is 4.68 Å². The van der Waals surface area contributed by atoms with Crippen LogP contribution in [0, 0.1) is 39.8 Å². The summed E-state index contributed by atoms with van der Waals surface area (Å²) in [5, 5.41) is 7.40. The number of fused-ring (bicyclic) bond motifs is 3. The molecule has 0 unspecified atom stereocenters. The number of rotatable bonds is 8. The van der Waals surface area contributed by atoms with Crippen LogP contribution in [0.4, 0.5) is 0 Å². The van der Waals surface area contributed by atoms with Gasteiger partial charge in [0, 0.05) is 34.5 Å². The zero-order chi connectivity index (χ0) is 37.8. The molecule has 5 nitrogen and oxygen atoms in total. The van der Waals surface area contributed by atoms with Crippen molar-refractivity contribution >= 4 is 21.8 Å². The molecule has 0 aliphatic carbocycles. The van der Waals surface area contributed by atoms with Crippen molar-refractivity contribution in [3.63, 3.8) is 0 Å². The monoisotopic (exact) mass is 806 g/mol. The van der Waals surface area contributed by atoms with Gasteiger partial charge in [-0.2, -0.15) is 11.2 Å². The topological polar surface area (TPSA) is 44.9 Å². The molecule has 0 spiro atoms. The molecule has 0 atom stereocenters. The van der Waals surface area contributed by atoms with Gasteiger partial charge in [-0.15, -0.1) is 41.3 Å². The van der Waals surface area contributed by atoms with E-state index in [2.05, 4.69) is 160 Å². The van der Waals surface area contributed by atoms with E-state index in [1.165, 1.54) is 33.4 Å². The SMILES string of the molecule is CCCCc1ccnc(-n2c3[c-]c(Oc4[c-]c(-n5nc(C)c(-c6c(C)cc(C(C)(C)C)cc6C)c5C)cc(C(C)(C)C)c4)ccc3c3ccccc32)c1.[Pd+2]. The maximum absolute atomic E-state index is 6.71. The van der Waals surface area contributed by atoms with Crippen LogP contribution in [-0.2, 0) is 37.7 Å². The molecular weight excluding hydrogens is 755 g/mol. The van der Waals surface area contributed by atoms with Crippen molar-refractivity contribution in [1.29, 1.82) is 0 Å². The van der Waals surface area contributed by atoms with Gasteiger partial charge < -0.3 is 9.30 Å². The second-order valence-electron chi connectivity index (χ2n) is 16.7. The van der Waals surface area contributed by atoms with Crippen LogP contribution in [0.25, 0.3) is 44.4 Å². The largest absolute Gasteiger partial charge is 2.00 e. The molecule has 0 N–H and O–H groups in total. The van der Waals surface area contributed by atoms with Crippen molar-refractivity contribution < 1.29 is 25.2 Å². The first-order valence-corrected chi connectivity index (χ1v) is 19.0. The summed E-state index contributed by atoms with van der Waals surface area (Å²) in [7, 11) is 0. The minimum atomic E-state index is -0.134. The summed E-state index contributed by atoms with van der Waals surface area (Å²) >= 11 is 0. The molecule has 0 aliphatic heterocycles. The zero-order valence-electron chi connectivity index (χ0n) is 33.6. The number of aromatic nitrogens is 4. The van der Waals surface area contributed by atoms with Gasteiger partial charge in [0.15, 0.2) is 0 Å². The molecule has 0 saturated carbocycles. The van der Waals surface area contributed by atoms with Crippen LogP contribution in [0.5, 0.6) is 11.5 Å². The van der Waals surface area contributed by atoms with Crippen LogP contribution in [0.15, 0.2) is 79.0 Å². The first-order chi connectivity index (χ1) is 25.1. The summed E-state index contributed by atoms with van der Waals surface area (Å²) in [5.41, 5.74) is 13.6. The number of ether oxygens (including phenoxy) is 1. The summed E-state index contributed by atoms with van der Waals surface area (Å²) in [4.78, 5) is 4.84. The van der Waals surface area contributed by atoms with Crippen molar-refractivity contribution in [2.75, 3.05) is 0 Å². The Morgan fingerprint density at radius 3 is 2.09 bits per heavy atom. The Balaban J connectivity index is 0.00000497. The molecular formula is C48H52N4OPd. The van der Waals surface area contributed by atoms with Gasteiger partial charge in [0.05, 0.1) is 5.69 Å². The Hall–Kier alpha value is -4.50. The van der Waals surface area contributed by atoms with E-state index in [4.69, 9.17) is 14.8 Å². The Kier molecular flexibility index (Phi) is 10.9. The molecule has 0 aliphatic rings. The van der Waals surface area contributed by atoms with E-state index >= 15 is 0 Å². The average molecular weight is 807 g/mol. The molecule has 0 saturated heterocycles. The first kappa shape index (κ1) is 39.2. The summed E-state index contributed by atoms with van der Waals surface area (Å²) in [6, 6.07) is 33.2. The molecule has 7 rings (SSSR count). The third kappa shape index (κ3) is 7.44. The van der Waals surface area contributed by atoms with Crippen LogP contribution in [-0.4, -0.2) is 19.3 Å². The van der Waals surface area contributed by atoms with E-state index in [-0.39, 0.29) is 31.3 Å². The number of nitrogens with zero attached hydrogens (tertiary/aromatic N) is 4. The normalized spacial score (nSPS) is 12.1. The number of hydrogen-bond donors (Lipinski definition) is 0. The Labute approximate surface area is 335 Å². The summed E-state index contributed by atoms with van der Waals surface area (Å²) in [5.74, 6) is 2.14. The number of benzene rings is 4. The molecule has 7 aromatic rings. The van der Waals surface area contributed by atoms with Crippen molar-refractivity contribution in [2.24, 2.45) is 0 Å². The van der Waals surface area contributed by atoms with E-state index < -0.39 is 0 Å². The molecule has 280 valence electrons. The third-order valence-corrected chi connectivity index (χ3v) is 10.5. The smallest absolute Gasteiger partial charge is 0.509 e. The van der Waals surface area contributed by atoms with Crippen LogP contribution in [0.2, 0.25) is 0 Å². The molecule has 3 heterocycles. The van der Waals surface area contributed by atoms with E-state index in [1.54, 1.807) is 0 Å². The number of aryl methyl sites for hydroxylation is 4. The quantitative estimate of drug-likeness (QED) is 0.113. The molecule has 0 amide bonds. The molecule has 6 heteroatoms. The number of unbranched alkanes of at least 4 members (excludes halogenated alkanes) is 1. The Morgan fingerprint density at radius 1 is 0.722 bits per heavy atom. The number of para-hydroxylation sites is 1. The van der Waals surface area contributed by atoms with Crippen LogP contribution < -0.4 is 4.74 Å². The fourth-order valence-corrected chi connectivity index (χ4v) is 7.57. The second-order valence-corrected chi connectivity index (χ2v) is 16.7. The first-order valence-electron chi connectivity index (χ1n) is 19.0. The zero-order valence-corrected chi connectivity index (χ0v) is 35.2. The van der Waals surface area contributed by atoms with E-state index in [0.717, 1.165) is 69.5 Å². The maximum atomic E-state index is 6.71. The maximum Gasteiger partial charge on any atom is 2.00 e. The van der Waals surface area contributed by atoms with Crippen molar-refractivity contribution in [1.82, 2.24) is 19.3 Å². The van der Waals surface area contributed by atoms with Gasteiger partial charge in [0.25, 0.3) is 0 Å². The van der Waals surface area contributed by atoms with Gasteiger partial charge in [-0.25, -0.2) is 4.98 Å². The predicted octanol–water partition coefficient (Wildman–Crippen LogP) is 12.6. The second kappa shape index (κ2) is 15.0. The Morgan fingerprint density at radius 2 is 1.41 bits per heavy atom. The molecule has 0 fully saturated rings. The van der Waals surface area contributed by atoms with Crippen LogP contribution in [0.3, 0.4) is 0 Å². The predicted molar refractivity (Wildman–Crippen MR) is 220 cm³/mol. The van der Waals surface area contributed by atoms with Gasteiger partial charge in [-0.1, -0.05) is 90.7 Å². The summed E-state index contributed by atoms with van der Waals surface area (Å²) in [6.45, 7) is 24.4. The van der Waals surface area contributed by atoms with Gasteiger partial charge in [-0.05, 0) is 108 Å². The molecule has 54 heavy (non-hydrogen) atoms. The minimum absolute atomic E-state index is 0. The van der Waals surface area contributed by atoms with Crippen molar-refractivity contribution in [3.8, 4) is 34.1 Å². The summed E-state index contributed by atoms with van der Waals surface area (Å²) in [6.07, 6.45) is 5.25. The minimum Gasteiger partial charge on any atom is -0.509 e. The molecule has 0 bridgehead atoms. The van der Waals surface area contributed by atoms with E-state index in [0.29, 0.717) is 11.5 Å². The van der Waals surface area contributed by atoms with Crippen LogP contribution in [0.1, 0.15) is 101 Å². The van der Waals surface area contributed by atoms with Gasteiger partial charge in [0.2, 0.25) is 0 Å². The van der Waals surface area contributed by atoms with E-state index in [1.807, 2.05) is 16.9 Å². The average Bonchev–Trinajstić information content (AvgIpc) is 3.59. The Bertz CT molecular complexity index is 2470. The molecule has 4 aromatic carbocycles.